The Morgan fingerprint density at radius 3 is 2.66 bits per heavy atom. The first-order chi connectivity index (χ1) is 15.5. The average Bonchev–Trinajstić information content (AvgIpc) is 3.22. The van der Waals surface area contributed by atoms with Crippen molar-refractivity contribution in [2.24, 2.45) is 0 Å². The number of methoxy groups -OCH3 is 2. The van der Waals surface area contributed by atoms with Crippen LogP contribution in [-0.2, 0) is 4.79 Å². The van der Waals surface area contributed by atoms with Crippen molar-refractivity contribution in [1.82, 2.24) is 19.2 Å². The van der Waals surface area contributed by atoms with Gasteiger partial charge in [-0.1, -0.05) is 35.5 Å². The molecule has 2 heterocycles. The Morgan fingerprint density at radius 1 is 1.09 bits per heavy atom. The summed E-state index contributed by atoms with van der Waals surface area (Å²) in [6.45, 7) is 0. The highest BCUT2D eigenvalue weighted by Crippen LogP contribution is 2.28. The molecule has 2 aromatic heterocycles. The van der Waals surface area contributed by atoms with Crippen LogP contribution in [0.1, 0.15) is 0 Å². The van der Waals surface area contributed by atoms with Crippen molar-refractivity contribution in [1.29, 1.82) is 0 Å². The molecule has 0 atom stereocenters. The highest BCUT2D eigenvalue weighted by molar-refractivity contribution is 7.99. The van der Waals surface area contributed by atoms with Crippen molar-refractivity contribution in [3.63, 3.8) is 0 Å². The number of carbonyl (C=O) groups is 1. The molecule has 0 aliphatic carbocycles. The Hall–Kier alpha value is -3.50. The van der Waals surface area contributed by atoms with E-state index < -0.39 is 0 Å². The molecule has 0 fully saturated rings. The van der Waals surface area contributed by atoms with Crippen molar-refractivity contribution >= 4 is 40.6 Å². The van der Waals surface area contributed by atoms with Gasteiger partial charge in [-0.3, -0.25) is 18.6 Å². The number of hydrogen-bond donors (Lipinski definition) is 1. The molecule has 9 nitrogen and oxygen atoms in total. The third-order valence-corrected chi connectivity index (χ3v) is 5.73. The molecule has 0 saturated carbocycles. The Labute approximate surface area is 191 Å². The van der Waals surface area contributed by atoms with E-state index >= 15 is 0 Å². The summed E-state index contributed by atoms with van der Waals surface area (Å²) in [5, 5.41) is 11.7. The summed E-state index contributed by atoms with van der Waals surface area (Å²) in [5.74, 6) is 0.819. The topological polar surface area (TPSA) is 99.8 Å². The Kier molecular flexibility index (Phi) is 6.33. The number of aromatic nitrogens is 4. The van der Waals surface area contributed by atoms with E-state index in [0.29, 0.717) is 33.1 Å². The zero-order chi connectivity index (χ0) is 22.7. The first-order valence-corrected chi connectivity index (χ1v) is 10.7. The fourth-order valence-electron chi connectivity index (χ4n) is 3.08. The Bertz CT molecular complexity index is 1350. The number of amides is 1. The largest absolute Gasteiger partial charge is 0.495 e. The van der Waals surface area contributed by atoms with Crippen LogP contribution >= 0.6 is 23.4 Å². The third kappa shape index (κ3) is 4.27. The van der Waals surface area contributed by atoms with E-state index in [1.807, 2.05) is 12.1 Å². The molecule has 0 saturated heterocycles. The highest BCUT2D eigenvalue weighted by Gasteiger charge is 2.16. The lowest BCUT2D eigenvalue weighted by molar-refractivity contribution is -0.113. The molecule has 0 radical (unpaired) electrons. The summed E-state index contributed by atoms with van der Waals surface area (Å²) < 4.78 is 13.6. The fraction of sp³-hybridized carbons (Fsp3) is 0.143. The van der Waals surface area contributed by atoms with E-state index in [2.05, 4.69) is 15.5 Å². The maximum atomic E-state index is 13.0. The van der Waals surface area contributed by atoms with Crippen LogP contribution in [0.5, 0.6) is 11.5 Å². The van der Waals surface area contributed by atoms with E-state index in [4.69, 9.17) is 21.1 Å². The first-order valence-electron chi connectivity index (χ1n) is 9.38. The van der Waals surface area contributed by atoms with Crippen LogP contribution < -0.4 is 20.3 Å². The number of nitrogens with zero attached hydrogens (tertiary/aromatic N) is 4. The number of ether oxygens (including phenoxy) is 2. The van der Waals surface area contributed by atoms with Gasteiger partial charge in [0, 0.05) is 17.4 Å². The first kappa shape index (κ1) is 21.7. The van der Waals surface area contributed by atoms with Crippen LogP contribution in [0.3, 0.4) is 0 Å². The van der Waals surface area contributed by atoms with Gasteiger partial charge in [0.15, 0.2) is 5.16 Å². The fourth-order valence-corrected chi connectivity index (χ4v) is 3.97. The van der Waals surface area contributed by atoms with Gasteiger partial charge in [0.05, 0.1) is 31.3 Å². The quantitative estimate of drug-likeness (QED) is 0.413. The maximum Gasteiger partial charge on any atom is 0.300 e. The van der Waals surface area contributed by atoms with E-state index in [-0.39, 0.29) is 22.9 Å². The molecule has 2 aromatic carbocycles. The van der Waals surface area contributed by atoms with Gasteiger partial charge in [-0.25, -0.2) is 0 Å². The SMILES string of the molecule is COc1ccc(Cl)cc1NC(=O)CSc1nnc2c(=O)n(-c3ccccc3OC)ccn12. The molecule has 32 heavy (non-hydrogen) atoms. The molecule has 0 aliphatic heterocycles. The molecule has 4 aromatic rings. The van der Waals surface area contributed by atoms with E-state index in [1.165, 1.54) is 18.8 Å². The molecular weight excluding hydrogens is 454 g/mol. The van der Waals surface area contributed by atoms with Crippen molar-refractivity contribution < 1.29 is 14.3 Å². The van der Waals surface area contributed by atoms with Crippen molar-refractivity contribution in [2.45, 2.75) is 5.16 Å². The minimum absolute atomic E-state index is 0.0477. The van der Waals surface area contributed by atoms with Gasteiger partial charge in [0.25, 0.3) is 0 Å². The molecular formula is C21H18ClN5O4S. The highest BCUT2D eigenvalue weighted by atomic mass is 35.5. The van der Waals surface area contributed by atoms with Crippen molar-refractivity contribution in [2.75, 3.05) is 25.3 Å². The minimum atomic E-state index is -0.357. The third-order valence-electron chi connectivity index (χ3n) is 4.55. The minimum Gasteiger partial charge on any atom is -0.495 e. The van der Waals surface area contributed by atoms with Crippen LogP contribution in [0, 0.1) is 0 Å². The van der Waals surface area contributed by atoms with Gasteiger partial charge in [-0.05, 0) is 30.3 Å². The number of carbonyl (C=O) groups excluding carboxylic acids is 1. The van der Waals surface area contributed by atoms with Gasteiger partial charge >= 0.3 is 5.56 Å². The molecule has 1 N–H and O–H groups in total. The van der Waals surface area contributed by atoms with Crippen molar-refractivity contribution in [3.8, 4) is 17.2 Å². The number of hydrogen-bond acceptors (Lipinski definition) is 7. The lowest BCUT2D eigenvalue weighted by Crippen LogP contribution is -2.20. The zero-order valence-corrected chi connectivity index (χ0v) is 18.7. The monoisotopic (exact) mass is 471 g/mol. The van der Waals surface area contributed by atoms with Crippen LogP contribution in [-0.4, -0.2) is 45.0 Å². The smallest absolute Gasteiger partial charge is 0.300 e. The molecule has 4 rings (SSSR count). The lowest BCUT2D eigenvalue weighted by atomic mass is 10.3. The van der Waals surface area contributed by atoms with E-state index in [1.54, 1.807) is 47.1 Å². The molecule has 11 heteroatoms. The van der Waals surface area contributed by atoms with E-state index in [0.717, 1.165) is 11.8 Å². The normalized spacial score (nSPS) is 10.8. The average molecular weight is 472 g/mol. The molecule has 0 aliphatic rings. The van der Waals surface area contributed by atoms with Gasteiger partial charge in [0.2, 0.25) is 11.6 Å². The number of rotatable bonds is 7. The van der Waals surface area contributed by atoms with Crippen LogP contribution in [0.15, 0.2) is 64.8 Å². The summed E-state index contributed by atoms with van der Waals surface area (Å²) in [7, 11) is 3.05. The van der Waals surface area contributed by atoms with Crippen LogP contribution in [0.25, 0.3) is 11.3 Å². The number of nitrogens with one attached hydrogen (secondary N) is 1. The predicted octanol–water partition coefficient (Wildman–Crippen LogP) is 3.28. The summed E-state index contributed by atoms with van der Waals surface area (Å²) in [6.07, 6.45) is 3.28. The summed E-state index contributed by atoms with van der Waals surface area (Å²) in [5.41, 5.74) is 0.841. The standard InChI is InChI=1S/C21H18ClN5O4S/c1-30-16-8-7-13(22)11-14(16)23-18(28)12-32-21-25-24-19-20(29)26(9-10-27(19)21)15-5-3-4-6-17(15)31-2/h3-11H,12H2,1-2H3,(H,23,28). The maximum absolute atomic E-state index is 13.0. The van der Waals surface area contributed by atoms with Gasteiger partial charge < -0.3 is 14.8 Å². The van der Waals surface area contributed by atoms with E-state index in [9.17, 15) is 9.59 Å². The summed E-state index contributed by atoms with van der Waals surface area (Å²) in [4.78, 5) is 25.4. The van der Waals surface area contributed by atoms with Crippen LogP contribution in [0.2, 0.25) is 5.02 Å². The second-order valence-corrected chi connectivity index (χ2v) is 7.88. The molecule has 164 valence electrons. The molecule has 0 spiro atoms. The lowest BCUT2D eigenvalue weighted by Gasteiger charge is -2.11. The number of anilines is 1. The number of benzene rings is 2. The van der Waals surface area contributed by atoms with Gasteiger partial charge in [0.1, 0.15) is 11.5 Å². The van der Waals surface area contributed by atoms with Crippen molar-refractivity contribution in [3.05, 3.63) is 70.2 Å². The number of thioether (sulfide) groups is 1. The Morgan fingerprint density at radius 2 is 1.88 bits per heavy atom. The zero-order valence-electron chi connectivity index (χ0n) is 17.1. The van der Waals surface area contributed by atoms with Gasteiger partial charge in [-0.15, -0.1) is 10.2 Å². The summed E-state index contributed by atoms with van der Waals surface area (Å²) >= 11 is 7.15. The summed E-state index contributed by atoms with van der Waals surface area (Å²) in [6, 6.07) is 12.1. The number of para-hydroxylation sites is 2. The molecule has 0 unspecified atom stereocenters. The molecule has 0 bridgehead atoms. The number of fused-ring (bicyclic) bond motifs is 1. The van der Waals surface area contributed by atoms with Crippen LogP contribution in [0.4, 0.5) is 5.69 Å². The van der Waals surface area contributed by atoms with Gasteiger partial charge in [-0.2, -0.15) is 0 Å². The second-order valence-electron chi connectivity index (χ2n) is 6.50. The number of halogens is 1. The second kappa shape index (κ2) is 9.33. The molecule has 1 amide bonds. The Balaban J connectivity index is 1.54. The predicted molar refractivity (Wildman–Crippen MR) is 122 cm³/mol.